The molecule has 0 aliphatic heterocycles. The average Bonchev–Trinajstić information content (AvgIpc) is 2.53. The molecule has 0 fully saturated rings. The molecule has 0 saturated heterocycles. The maximum Gasteiger partial charge on any atom is 0.289 e. The number of benzene rings is 2. The topological polar surface area (TPSA) is 81.5 Å². The van der Waals surface area contributed by atoms with Crippen molar-refractivity contribution in [3.05, 3.63) is 60.6 Å². The Balaban J connectivity index is 2.06. The van der Waals surface area contributed by atoms with Gasteiger partial charge in [0, 0.05) is 11.1 Å². The first-order valence-electron chi connectivity index (χ1n) is 7.02. The molecular weight excluding hydrogens is 391 g/mol. The number of amides is 1. The highest BCUT2D eigenvalue weighted by atomic mass is 35.5. The quantitative estimate of drug-likeness (QED) is 0.550. The lowest BCUT2D eigenvalue weighted by molar-refractivity contribution is -0.384. The largest absolute Gasteiger partial charge is 0.484 e. The summed E-state index contributed by atoms with van der Waals surface area (Å²) in [5, 5.41) is 13.8. The number of rotatable bonds is 5. The number of hydrogen-bond acceptors (Lipinski definition) is 4. The Labute approximate surface area is 158 Å². The number of nitrogens with one attached hydrogen (secondary N) is 1. The zero-order valence-electron chi connectivity index (χ0n) is 13.2. The van der Waals surface area contributed by atoms with Crippen LogP contribution in [0.25, 0.3) is 0 Å². The van der Waals surface area contributed by atoms with Gasteiger partial charge >= 0.3 is 0 Å². The predicted octanol–water partition coefficient (Wildman–Crippen LogP) is 5.19. The van der Waals surface area contributed by atoms with Gasteiger partial charge in [-0.15, -0.1) is 0 Å². The van der Waals surface area contributed by atoms with Crippen molar-refractivity contribution in [1.29, 1.82) is 0 Å². The molecule has 0 radical (unpaired) electrons. The highest BCUT2D eigenvalue weighted by Crippen LogP contribution is 2.34. The summed E-state index contributed by atoms with van der Waals surface area (Å²) in [6.45, 7) is 3.40. The molecule has 132 valence electrons. The molecule has 1 N–H and O–H groups in total. The second-order valence-electron chi connectivity index (χ2n) is 5.25. The number of nitro groups is 1. The summed E-state index contributed by atoms with van der Waals surface area (Å²) in [7, 11) is 0. The van der Waals surface area contributed by atoms with E-state index in [1.54, 1.807) is 12.1 Å². The van der Waals surface area contributed by atoms with E-state index < -0.39 is 10.8 Å². The Bertz CT molecular complexity index is 833. The standard InChI is InChI=1S/C16H13Cl3N2O4/c1-8-3-10(4-9(2)16(8)19)25-7-15(22)20-13-5-12(18)14(21(23)24)6-11(13)17/h3-6H,7H2,1-2H3,(H,20,22). The highest BCUT2D eigenvalue weighted by Gasteiger charge is 2.17. The van der Waals surface area contributed by atoms with Crippen LogP contribution < -0.4 is 10.1 Å². The van der Waals surface area contributed by atoms with Crippen molar-refractivity contribution in [3.8, 4) is 5.75 Å². The molecule has 2 aromatic rings. The van der Waals surface area contributed by atoms with Crippen molar-refractivity contribution in [2.45, 2.75) is 13.8 Å². The number of anilines is 1. The van der Waals surface area contributed by atoms with Crippen molar-refractivity contribution in [1.82, 2.24) is 0 Å². The Morgan fingerprint density at radius 1 is 1.12 bits per heavy atom. The fraction of sp³-hybridized carbons (Fsp3) is 0.188. The molecule has 1 amide bonds. The van der Waals surface area contributed by atoms with E-state index in [-0.39, 0.29) is 28.0 Å². The van der Waals surface area contributed by atoms with E-state index in [1.165, 1.54) is 6.07 Å². The molecule has 0 heterocycles. The zero-order valence-corrected chi connectivity index (χ0v) is 15.5. The van der Waals surface area contributed by atoms with Gasteiger partial charge in [-0.2, -0.15) is 0 Å². The summed E-state index contributed by atoms with van der Waals surface area (Å²) >= 11 is 17.8. The van der Waals surface area contributed by atoms with Crippen molar-refractivity contribution in [2.24, 2.45) is 0 Å². The number of ether oxygens (including phenoxy) is 1. The number of carbonyl (C=O) groups is 1. The zero-order chi connectivity index (χ0) is 18.7. The maximum absolute atomic E-state index is 12.0. The van der Waals surface area contributed by atoms with Crippen molar-refractivity contribution in [2.75, 3.05) is 11.9 Å². The number of nitro benzene ring substituents is 1. The van der Waals surface area contributed by atoms with Crippen LogP contribution in [0.1, 0.15) is 11.1 Å². The van der Waals surface area contributed by atoms with Gasteiger partial charge in [-0.05, 0) is 43.2 Å². The third kappa shape index (κ3) is 4.75. The average molecular weight is 404 g/mol. The van der Waals surface area contributed by atoms with Crippen molar-refractivity contribution >= 4 is 52.1 Å². The maximum atomic E-state index is 12.0. The summed E-state index contributed by atoms with van der Waals surface area (Å²) in [6, 6.07) is 5.74. The Morgan fingerprint density at radius 3 is 2.28 bits per heavy atom. The molecule has 0 spiro atoms. The number of aryl methyl sites for hydroxylation is 2. The summed E-state index contributed by atoms with van der Waals surface area (Å²) in [5.74, 6) is 0.0134. The number of carbonyl (C=O) groups excluding carboxylic acids is 1. The van der Waals surface area contributed by atoms with Crippen LogP contribution in [-0.4, -0.2) is 17.4 Å². The summed E-state index contributed by atoms with van der Waals surface area (Å²) in [4.78, 5) is 22.1. The van der Waals surface area contributed by atoms with Crippen LogP contribution in [0, 0.1) is 24.0 Å². The van der Waals surface area contributed by atoms with Crippen molar-refractivity contribution in [3.63, 3.8) is 0 Å². The Hall–Kier alpha value is -2.02. The summed E-state index contributed by atoms with van der Waals surface area (Å²) in [6.07, 6.45) is 0. The monoisotopic (exact) mass is 402 g/mol. The van der Waals surface area contributed by atoms with Crippen LogP contribution in [0.5, 0.6) is 5.75 Å². The summed E-state index contributed by atoms with van der Waals surface area (Å²) < 4.78 is 5.43. The second kappa shape index (κ2) is 7.91. The molecular formula is C16H13Cl3N2O4. The molecule has 0 atom stereocenters. The van der Waals surface area contributed by atoms with Gasteiger partial charge in [-0.25, -0.2) is 0 Å². The molecule has 6 nitrogen and oxygen atoms in total. The molecule has 25 heavy (non-hydrogen) atoms. The van der Waals surface area contributed by atoms with Crippen LogP contribution in [0.2, 0.25) is 15.1 Å². The molecule has 2 rings (SSSR count). The van der Waals surface area contributed by atoms with Gasteiger partial charge in [0.05, 0.1) is 15.6 Å². The minimum atomic E-state index is -0.659. The first-order valence-corrected chi connectivity index (χ1v) is 8.15. The van der Waals surface area contributed by atoms with Crippen LogP contribution >= 0.6 is 34.8 Å². The van der Waals surface area contributed by atoms with E-state index in [0.29, 0.717) is 10.8 Å². The molecule has 0 aromatic heterocycles. The van der Waals surface area contributed by atoms with E-state index >= 15 is 0 Å². The molecule has 0 aliphatic carbocycles. The SMILES string of the molecule is Cc1cc(OCC(=O)Nc2cc(Cl)c([N+](=O)[O-])cc2Cl)cc(C)c1Cl. The number of nitrogens with zero attached hydrogens (tertiary/aromatic N) is 1. The van der Waals surface area contributed by atoms with Gasteiger partial charge in [0.1, 0.15) is 10.8 Å². The lowest BCUT2D eigenvalue weighted by Gasteiger charge is -2.11. The molecule has 9 heteroatoms. The number of halogens is 3. The van der Waals surface area contributed by atoms with Gasteiger partial charge in [-0.1, -0.05) is 34.8 Å². The molecule has 0 aliphatic rings. The molecule has 0 unspecified atom stereocenters. The minimum Gasteiger partial charge on any atom is -0.484 e. The van der Waals surface area contributed by atoms with E-state index in [2.05, 4.69) is 5.32 Å². The lowest BCUT2D eigenvalue weighted by atomic mass is 10.1. The van der Waals surface area contributed by atoms with E-state index in [9.17, 15) is 14.9 Å². The first-order chi connectivity index (χ1) is 11.7. The third-order valence-corrected chi connectivity index (χ3v) is 4.50. The lowest BCUT2D eigenvalue weighted by Crippen LogP contribution is -2.20. The third-order valence-electron chi connectivity index (χ3n) is 3.29. The normalized spacial score (nSPS) is 10.4. The van der Waals surface area contributed by atoms with Gasteiger partial charge in [0.2, 0.25) is 0 Å². The molecule has 0 saturated carbocycles. The summed E-state index contributed by atoms with van der Waals surface area (Å²) in [5.41, 5.74) is 1.49. The van der Waals surface area contributed by atoms with Crippen LogP contribution in [0.3, 0.4) is 0 Å². The molecule has 2 aromatic carbocycles. The first kappa shape index (κ1) is 19.3. The Kier molecular flexibility index (Phi) is 6.11. The van der Waals surface area contributed by atoms with Crippen LogP contribution in [-0.2, 0) is 4.79 Å². The fourth-order valence-electron chi connectivity index (χ4n) is 2.10. The van der Waals surface area contributed by atoms with Gasteiger partial charge in [0.25, 0.3) is 11.6 Å². The van der Waals surface area contributed by atoms with E-state index in [0.717, 1.165) is 17.2 Å². The van der Waals surface area contributed by atoms with Crippen LogP contribution in [0.4, 0.5) is 11.4 Å². The van der Waals surface area contributed by atoms with Gasteiger partial charge < -0.3 is 10.1 Å². The smallest absolute Gasteiger partial charge is 0.289 e. The van der Waals surface area contributed by atoms with Crippen molar-refractivity contribution < 1.29 is 14.5 Å². The predicted molar refractivity (Wildman–Crippen MR) is 98.2 cm³/mol. The highest BCUT2D eigenvalue weighted by molar-refractivity contribution is 6.37. The van der Waals surface area contributed by atoms with Gasteiger partial charge in [-0.3, -0.25) is 14.9 Å². The van der Waals surface area contributed by atoms with Crippen LogP contribution in [0.15, 0.2) is 24.3 Å². The van der Waals surface area contributed by atoms with Gasteiger partial charge in [0.15, 0.2) is 6.61 Å². The minimum absolute atomic E-state index is 0.00244. The second-order valence-corrected chi connectivity index (χ2v) is 6.44. The molecule has 0 bridgehead atoms. The van der Waals surface area contributed by atoms with E-state index in [4.69, 9.17) is 39.5 Å². The number of hydrogen-bond donors (Lipinski definition) is 1. The van der Waals surface area contributed by atoms with E-state index in [1.807, 2.05) is 13.8 Å². The Morgan fingerprint density at radius 2 is 1.72 bits per heavy atom. The fourth-order valence-corrected chi connectivity index (χ4v) is 2.64.